The summed E-state index contributed by atoms with van der Waals surface area (Å²) in [5.41, 5.74) is 0.987. The van der Waals surface area contributed by atoms with Crippen molar-refractivity contribution in [2.45, 2.75) is 85.7 Å². The Morgan fingerprint density at radius 2 is 1.43 bits per heavy atom. The molecule has 0 aliphatic heterocycles. The summed E-state index contributed by atoms with van der Waals surface area (Å²) in [5, 5.41) is 31.9. The van der Waals surface area contributed by atoms with Gasteiger partial charge in [0.2, 0.25) is 0 Å². The molecule has 1 aromatic carbocycles. The normalized spacial score (nSPS) is 22.7. The minimum Gasteiger partial charge on any atom is -0.507 e. The number of phenols is 1. The Morgan fingerprint density at radius 3 is 1.80 bits per heavy atom. The molecule has 1 aliphatic carbocycles. The van der Waals surface area contributed by atoms with Crippen LogP contribution in [0.3, 0.4) is 0 Å². The van der Waals surface area contributed by atoms with Crippen molar-refractivity contribution in [1.29, 1.82) is 0 Å². The molecule has 4 nitrogen and oxygen atoms in total. The highest BCUT2D eigenvalue weighted by molar-refractivity contribution is 5.89. The highest BCUT2D eigenvalue weighted by Gasteiger charge is 2.49. The second-order valence-electron chi connectivity index (χ2n) is 11.7. The SMILES string of the molecule is CC(C)(C)c1cc(CC2(C(C)(C)C)C=CC=C(C(=O)O)C2O)cc(C(C)(C)C)c1O. The molecule has 0 radical (unpaired) electrons. The summed E-state index contributed by atoms with van der Waals surface area (Å²) in [6, 6.07) is 4.02. The first kappa shape index (κ1) is 24.2. The number of aromatic hydroxyl groups is 1. The molecule has 0 spiro atoms. The van der Waals surface area contributed by atoms with Crippen molar-refractivity contribution in [3.8, 4) is 5.75 Å². The number of aliphatic hydroxyl groups excluding tert-OH is 1. The fourth-order valence-corrected chi connectivity index (χ4v) is 4.33. The predicted octanol–water partition coefficient (Wildman–Crippen LogP) is 5.50. The van der Waals surface area contributed by atoms with Gasteiger partial charge in [-0.3, -0.25) is 0 Å². The number of rotatable bonds is 3. The summed E-state index contributed by atoms with van der Waals surface area (Å²) < 4.78 is 0. The number of hydrogen-bond acceptors (Lipinski definition) is 3. The Bertz CT molecular complexity index is 850. The maximum atomic E-state index is 11.8. The zero-order valence-electron chi connectivity index (χ0n) is 19.9. The van der Waals surface area contributed by atoms with Gasteiger partial charge in [0, 0.05) is 5.41 Å². The van der Waals surface area contributed by atoms with Crippen molar-refractivity contribution < 1.29 is 20.1 Å². The van der Waals surface area contributed by atoms with E-state index >= 15 is 0 Å². The molecule has 2 atom stereocenters. The molecule has 2 rings (SSSR count). The van der Waals surface area contributed by atoms with Gasteiger partial charge in [-0.15, -0.1) is 0 Å². The Hall–Kier alpha value is -2.07. The Morgan fingerprint density at radius 1 is 0.967 bits per heavy atom. The second-order valence-corrected chi connectivity index (χ2v) is 11.7. The van der Waals surface area contributed by atoms with Crippen LogP contribution < -0.4 is 0 Å². The maximum Gasteiger partial charge on any atom is 0.334 e. The Kier molecular flexibility index (Phi) is 6.10. The van der Waals surface area contributed by atoms with E-state index in [1.54, 1.807) is 6.08 Å². The third kappa shape index (κ3) is 4.34. The van der Waals surface area contributed by atoms with Gasteiger partial charge in [-0.05, 0) is 45.4 Å². The van der Waals surface area contributed by atoms with E-state index in [1.165, 1.54) is 6.08 Å². The van der Waals surface area contributed by atoms with Gasteiger partial charge in [0.25, 0.3) is 0 Å². The molecule has 0 saturated carbocycles. The molecule has 0 amide bonds. The van der Waals surface area contributed by atoms with Gasteiger partial charge in [0.05, 0.1) is 11.7 Å². The van der Waals surface area contributed by atoms with E-state index in [2.05, 4.69) is 41.5 Å². The summed E-state index contributed by atoms with van der Waals surface area (Å²) in [5.74, 6) is -0.786. The van der Waals surface area contributed by atoms with Crippen LogP contribution in [0.25, 0.3) is 0 Å². The van der Waals surface area contributed by atoms with Gasteiger partial charge in [0.1, 0.15) is 5.75 Å². The van der Waals surface area contributed by atoms with Gasteiger partial charge < -0.3 is 15.3 Å². The summed E-state index contributed by atoms with van der Waals surface area (Å²) in [6.45, 7) is 18.5. The first-order valence-electron chi connectivity index (χ1n) is 10.6. The molecule has 0 fully saturated rings. The van der Waals surface area contributed by atoms with Crippen LogP contribution in [0.5, 0.6) is 5.75 Å². The molecule has 3 N–H and O–H groups in total. The van der Waals surface area contributed by atoms with Crippen LogP contribution in [-0.2, 0) is 22.0 Å². The number of carboxylic acids is 1. The smallest absolute Gasteiger partial charge is 0.334 e. The van der Waals surface area contributed by atoms with Crippen LogP contribution in [0, 0.1) is 10.8 Å². The lowest BCUT2D eigenvalue weighted by atomic mass is 9.57. The van der Waals surface area contributed by atoms with E-state index < -0.39 is 22.9 Å². The lowest BCUT2D eigenvalue weighted by Gasteiger charge is -2.48. The monoisotopic (exact) mass is 414 g/mol. The number of benzene rings is 1. The molecule has 166 valence electrons. The van der Waals surface area contributed by atoms with Crippen molar-refractivity contribution >= 4 is 5.97 Å². The third-order valence-corrected chi connectivity index (χ3v) is 6.38. The third-order valence-electron chi connectivity index (χ3n) is 6.38. The van der Waals surface area contributed by atoms with Crippen LogP contribution in [-0.4, -0.2) is 27.4 Å². The van der Waals surface area contributed by atoms with Crippen molar-refractivity contribution in [3.05, 3.63) is 52.6 Å². The zero-order valence-corrected chi connectivity index (χ0v) is 19.9. The van der Waals surface area contributed by atoms with E-state index in [-0.39, 0.29) is 16.4 Å². The van der Waals surface area contributed by atoms with Crippen LogP contribution in [0.15, 0.2) is 35.9 Å². The molecule has 0 heterocycles. The van der Waals surface area contributed by atoms with E-state index in [0.717, 1.165) is 16.7 Å². The minimum absolute atomic E-state index is 0.0123. The second kappa shape index (κ2) is 7.56. The number of phenolic OH excluding ortho intramolecular Hbond substituents is 1. The molecule has 0 saturated heterocycles. The van der Waals surface area contributed by atoms with Crippen LogP contribution in [0.4, 0.5) is 0 Å². The van der Waals surface area contributed by atoms with E-state index in [9.17, 15) is 20.1 Å². The number of hydrogen-bond donors (Lipinski definition) is 3. The van der Waals surface area contributed by atoms with Crippen molar-refractivity contribution in [1.82, 2.24) is 0 Å². The quantitative estimate of drug-likeness (QED) is 0.610. The summed E-state index contributed by atoms with van der Waals surface area (Å²) in [6.07, 6.45) is 4.51. The van der Waals surface area contributed by atoms with Crippen LogP contribution >= 0.6 is 0 Å². The maximum absolute atomic E-state index is 11.8. The van der Waals surface area contributed by atoms with Gasteiger partial charge in [-0.2, -0.15) is 0 Å². The van der Waals surface area contributed by atoms with E-state index in [4.69, 9.17) is 0 Å². The van der Waals surface area contributed by atoms with Gasteiger partial charge in [-0.1, -0.05) is 86.6 Å². The Balaban J connectivity index is 2.73. The number of aliphatic carboxylic acids is 1. The zero-order chi connectivity index (χ0) is 23.3. The summed E-state index contributed by atoms with van der Waals surface area (Å²) >= 11 is 0. The van der Waals surface area contributed by atoms with Crippen molar-refractivity contribution in [3.63, 3.8) is 0 Å². The van der Waals surface area contributed by atoms with Gasteiger partial charge in [-0.25, -0.2) is 4.79 Å². The molecule has 1 aliphatic rings. The summed E-state index contributed by atoms with van der Waals surface area (Å²) in [7, 11) is 0. The van der Waals surface area contributed by atoms with Gasteiger partial charge >= 0.3 is 5.97 Å². The summed E-state index contributed by atoms with van der Waals surface area (Å²) in [4.78, 5) is 11.8. The first-order chi connectivity index (χ1) is 13.4. The molecule has 4 heteroatoms. The van der Waals surface area contributed by atoms with E-state index in [1.807, 2.05) is 39.0 Å². The lowest BCUT2D eigenvalue weighted by Crippen LogP contribution is -2.49. The number of aliphatic hydroxyl groups is 1. The fraction of sp³-hybridized carbons (Fsp3) is 0.577. The largest absolute Gasteiger partial charge is 0.507 e. The number of carbonyl (C=O) groups is 1. The molecule has 0 aromatic heterocycles. The number of carboxylic acid groups (broad SMARTS) is 1. The molecule has 1 aromatic rings. The van der Waals surface area contributed by atoms with Crippen LogP contribution in [0.1, 0.15) is 79.0 Å². The average molecular weight is 415 g/mol. The molecular formula is C26H38O4. The van der Waals surface area contributed by atoms with Crippen LogP contribution in [0.2, 0.25) is 0 Å². The Labute approximate surface area is 181 Å². The number of allylic oxidation sites excluding steroid dienone is 2. The van der Waals surface area contributed by atoms with Gasteiger partial charge in [0.15, 0.2) is 0 Å². The minimum atomic E-state index is -1.13. The molecular weight excluding hydrogens is 376 g/mol. The average Bonchev–Trinajstić information content (AvgIpc) is 2.54. The van der Waals surface area contributed by atoms with Crippen molar-refractivity contribution in [2.24, 2.45) is 10.8 Å². The molecule has 2 unspecified atom stereocenters. The highest BCUT2D eigenvalue weighted by Crippen LogP contribution is 2.50. The predicted molar refractivity (Wildman–Crippen MR) is 122 cm³/mol. The topological polar surface area (TPSA) is 77.8 Å². The molecule has 0 bridgehead atoms. The van der Waals surface area contributed by atoms with Crippen molar-refractivity contribution in [2.75, 3.05) is 0 Å². The highest BCUT2D eigenvalue weighted by atomic mass is 16.4. The van der Waals surface area contributed by atoms with E-state index in [0.29, 0.717) is 12.2 Å². The molecule has 30 heavy (non-hydrogen) atoms. The standard InChI is InChI=1S/C26H38O4/c1-23(2,3)18-13-16(14-19(20(18)27)24(4,5)6)15-26(25(7,8)9)12-10-11-17(21(26)28)22(29)30/h10-14,21,27-28H,15H2,1-9H3,(H,29,30). The fourth-order valence-electron chi connectivity index (χ4n) is 4.33. The lowest BCUT2D eigenvalue weighted by molar-refractivity contribution is -0.135. The first-order valence-corrected chi connectivity index (χ1v) is 10.6.